The first-order valence-corrected chi connectivity index (χ1v) is 6.28. The number of nitrogens with zero attached hydrogens (tertiary/aromatic N) is 1. The number of pyridine rings is 1. The number of carbonyl (C=O) groups excluding carboxylic acids is 1. The van der Waals surface area contributed by atoms with Crippen molar-refractivity contribution in [2.24, 2.45) is 0 Å². The Morgan fingerprint density at radius 1 is 1.22 bits per heavy atom. The fraction of sp³-hybridized carbons (Fsp3) is 0.333. The van der Waals surface area contributed by atoms with E-state index in [9.17, 15) is 4.79 Å². The van der Waals surface area contributed by atoms with Crippen LogP contribution in [0.25, 0.3) is 10.9 Å². The molecular weight excluding hydrogens is 226 g/mol. The number of hydrogen-bond acceptors (Lipinski definition) is 3. The van der Waals surface area contributed by atoms with Crippen LogP contribution < -0.4 is 0 Å². The first kappa shape index (κ1) is 12.6. The summed E-state index contributed by atoms with van der Waals surface area (Å²) in [6, 6.07) is 11.8. The van der Waals surface area contributed by atoms with Gasteiger partial charge in [-0.25, -0.2) is 0 Å². The van der Waals surface area contributed by atoms with Gasteiger partial charge in [0.15, 0.2) is 0 Å². The van der Waals surface area contributed by atoms with Gasteiger partial charge in [0.25, 0.3) is 0 Å². The van der Waals surface area contributed by atoms with Gasteiger partial charge in [0.1, 0.15) is 0 Å². The van der Waals surface area contributed by atoms with Crippen molar-refractivity contribution in [2.75, 3.05) is 6.61 Å². The van der Waals surface area contributed by atoms with E-state index in [1.165, 1.54) is 0 Å². The Labute approximate surface area is 107 Å². The molecule has 0 N–H and O–H groups in total. The maximum absolute atomic E-state index is 11.8. The highest BCUT2D eigenvalue weighted by molar-refractivity contribution is 5.81. The van der Waals surface area contributed by atoms with Gasteiger partial charge < -0.3 is 4.74 Å². The normalized spacial score (nSPS) is 12.3. The maximum Gasteiger partial charge on any atom is 0.315 e. The third-order valence-corrected chi connectivity index (χ3v) is 2.96. The summed E-state index contributed by atoms with van der Waals surface area (Å²) < 4.78 is 5.08. The van der Waals surface area contributed by atoms with E-state index in [4.69, 9.17) is 4.74 Å². The second kappa shape index (κ2) is 5.63. The largest absolute Gasteiger partial charge is 0.465 e. The van der Waals surface area contributed by atoms with E-state index in [1.54, 1.807) is 0 Å². The van der Waals surface area contributed by atoms with Crippen molar-refractivity contribution in [2.45, 2.75) is 26.2 Å². The molecule has 0 aliphatic carbocycles. The van der Waals surface area contributed by atoms with Crippen molar-refractivity contribution in [1.82, 2.24) is 4.98 Å². The predicted molar refractivity (Wildman–Crippen MR) is 71.4 cm³/mol. The average molecular weight is 243 g/mol. The quantitative estimate of drug-likeness (QED) is 0.773. The molecule has 0 saturated heterocycles. The molecule has 0 amide bonds. The molecule has 1 unspecified atom stereocenters. The molecule has 18 heavy (non-hydrogen) atoms. The smallest absolute Gasteiger partial charge is 0.315 e. The summed E-state index contributed by atoms with van der Waals surface area (Å²) in [5, 5.41) is 1.08. The molecule has 0 spiro atoms. The SMILES string of the molecule is CCOC(=O)C(CC)c1ccc2ccccc2n1. The second-order valence-corrected chi connectivity index (χ2v) is 4.14. The average Bonchev–Trinajstić information content (AvgIpc) is 2.40. The lowest BCUT2D eigenvalue weighted by Crippen LogP contribution is -2.16. The summed E-state index contributed by atoms with van der Waals surface area (Å²) >= 11 is 0. The van der Waals surface area contributed by atoms with Crippen molar-refractivity contribution < 1.29 is 9.53 Å². The molecule has 0 aliphatic heterocycles. The summed E-state index contributed by atoms with van der Waals surface area (Å²) in [7, 11) is 0. The number of fused-ring (bicyclic) bond motifs is 1. The Balaban J connectivity index is 2.36. The van der Waals surface area contributed by atoms with Crippen molar-refractivity contribution in [3.05, 3.63) is 42.1 Å². The lowest BCUT2D eigenvalue weighted by molar-refractivity contribution is -0.145. The Hall–Kier alpha value is -1.90. The summed E-state index contributed by atoms with van der Waals surface area (Å²) in [5.41, 5.74) is 1.70. The zero-order chi connectivity index (χ0) is 13.0. The number of para-hydroxylation sites is 1. The third kappa shape index (κ3) is 2.50. The highest BCUT2D eigenvalue weighted by atomic mass is 16.5. The fourth-order valence-electron chi connectivity index (χ4n) is 2.02. The van der Waals surface area contributed by atoms with Crippen molar-refractivity contribution in [3.8, 4) is 0 Å². The molecule has 1 atom stereocenters. The third-order valence-electron chi connectivity index (χ3n) is 2.96. The van der Waals surface area contributed by atoms with Gasteiger partial charge in [-0.3, -0.25) is 9.78 Å². The van der Waals surface area contributed by atoms with Crippen LogP contribution in [0.1, 0.15) is 31.9 Å². The second-order valence-electron chi connectivity index (χ2n) is 4.14. The highest BCUT2D eigenvalue weighted by Crippen LogP contribution is 2.22. The molecule has 0 bridgehead atoms. The zero-order valence-corrected chi connectivity index (χ0v) is 10.7. The van der Waals surface area contributed by atoms with Gasteiger partial charge >= 0.3 is 5.97 Å². The molecule has 0 aliphatic rings. The number of benzene rings is 1. The molecule has 2 aromatic rings. The van der Waals surface area contributed by atoms with Crippen LogP contribution in [0.5, 0.6) is 0 Å². The Kier molecular flexibility index (Phi) is 3.92. The van der Waals surface area contributed by atoms with Crippen LogP contribution in [0.3, 0.4) is 0 Å². The van der Waals surface area contributed by atoms with Crippen LogP contribution in [0.2, 0.25) is 0 Å². The van der Waals surface area contributed by atoms with E-state index in [-0.39, 0.29) is 11.9 Å². The van der Waals surface area contributed by atoms with Gasteiger partial charge in [-0.05, 0) is 25.5 Å². The van der Waals surface area contributed by atoms with Crippen molar-refractivity contribution in [1.29, 1.82) is 0 Å². The highest BCUT2D eigenvalue weighted by Gasteiger charge is 2.21. The number of aromatic nitrogens is 1. The number of ether oxygens (including phenoxy) is 1. The molecule has 3 heteroatoms. The van der Waals surface area contributed by atoms with Crippen LogP contribution in [0, 0.1) is 0 Å². The van der Waals surface area contributed by atoms with Crippen LogP contribution in [0.15, 0.2) is 36.4 Å². The summed E-state index contributed by atoms with van der Waals surface area (Å²) in [6.45, 7) is 4.19. The minimum absolute atomic E-state index is 0.192. The van der Waals surface area contributed by atoms with Crippen LogP contribution in [0.4, 0.5) is 0 Å². The number of carbonyl (C=O) groups is 1. The molecule has 0 saturated carbocycles. The molecule has 94 valence electrons. The molecule has 1 aromatic carbocycles. The van der Waals surface area contributed by atoms with Crippen LogP contribution in [-0.4, -0.2) is 17.6 Å². The Bertz CT molecular complexity index is 551. The maximum atomic E-state index is 11.8. The minimum atomic E-state index is -0.269. The number of hydrogen-bond donors (Lipinski definition) is 0. The number of esters is 1. The van der Waals surface area contributed by atoms with Crippen molar-refractivity contribution in [3.63, 3.8) is 0 Å². The summed E-state index contributed by atoms with van der Waals surface area (Å²) in [5.74, 6) is -0.461. The van der Waals surface area contributed by atoms with Gasteiger partial charge in [-0.15, -0.1) is 0 Å². The van der Waals surface area contributed by atoms with E-state index < -0.39 is 0 Å². The summed E-state index contributed by atoms with van der Waals surface area (Å²) in [4.78, 5) is 16.4. The predicted octanol–water partition coefficient (Wildman–Crippen LogP) is 3.29. The van der Waals surface area contributed by atoms with E-state index in [2.05, 4.69) is 4.98 Å². The topological polar surface area (TPSA) is 39.2 Å². The molecule has 3 nitrogen and oxygen atoms in total. The van der Waals surface area contributed by atoms with Gasteiger partial charge in [-0.2, -0.15) is 0 Å². The van der Waals surface area contributed by atoms with Crippen LogP contribution in [-0.2, 0) is 9.53 Å². The Morgan fingerprint density at radius 2 is 2.00 bits per heavy atom. The van der Waals surface area contributed by atoms with Crippen LogP contribution >= 0.6 is 0 Å². The molecule has 1 aromatic heterocycles. The van der Waals surface area contributed by atoms with Gasteiger partial charge in [-0.1, -0.05) is 31.2 Å². The van der Waals surface area contributed by atoms with E-state index >= 15 is 0 Å². The molecule has 1 heterocycles. The summed E-state index contributed by atoms with van der Waals surface area (Å²) in [6.07, 6.45) is 0.699. The molecule has 2 rings (SSSR count). The Morgan fingerprint density at radius 3 is 2.72 bits per heavy atom. The lowest BCUT2D eigenvalue weighted by atomic mass is 10.0. The standard InChI is InChI=1S/C15H17NO2/c1-3-12(15(17)18-4-2)14-10-9-11-7-5-6-8-13(11)16-14/h5-10,12H,3-4H2,1-2H3. The van der Waals surface area contributed by atoms with Gasteiger partial charge in [0.05, 0.1) is 23.7 Å². The monoisotopic (exact) mass is 243 g/mol. The zero-order valence-electron chi connectivity index (χ0n) is 10.7. The first-order chi connectivity index (χ1) is 8.76. The fourth-order valence-corrected chi connectivity index (χ4v) is 2.02. The lowest BCUT2D eigenvalue weighted by Gasteiger charge is -2.13. The first-order valence-electron chi connectivity index (χ1n) is 6.28. The van der Waals surface area contributed by atoms with E-state index in [0.29, 0.717) is 13.0 Å². The molecule has 0 radical (unpaired) electrons. The minimum Gasteiger partial charge on any atom is -0.465 e. The molecule has 0 fully saturated rings. The van der Waals surface area contributed by atoms with E-state index in [1.807, 2.05) is 50.2 Å². The van der Waals surface area contributed by atoms with Gasteiger partial charge in [0.2, 0.25) is 0 Å². The van der Waals surface area contributed by atoms with Gasteiger partial charge in [0, 0.05) is 5.39 Å². The van der Waals surface area contributed by atoms with Crippen molar-refractivity contribution >= 4 is 16.9 Å². The van der Waals surface area contributed by atoms with E-state index in [0.717, 1.165) is 16.6 Å². The molecular formula is C15H17NO2. The number of rotatable bonds is 4.